The first-order valence-electron chi connectivity index (χ1n) is 5.17. The average molecular weight is 267 g/mol. The summed E-state index contributed by atoms with van der Waals surface area (Å²) in [5, 5.41) is 11.8. The molecule has 88 valence electrons. The zero-order valence-electron chi connectivity index (χ0n) is 8.97. The summed E-state index contributed by atoms with van der Waals surface area (Å²) >= 11 is 7.27. The van der Waals surface area contributed by atoms with E-state index in [0.29, 0.717) is 11.4 Å². The number of halogens is 1. The van der Waals surface area contributed by atoms with E-state index in [1.54, 1.807) is 12.1 Å². The number of carbonyl (C=O) groups is 1. The van der Waals surface area contributed by atoms with E-state index >= 15 is 0 Å². The van der Waals surface area contributed by atoms with E-state index in [9.17, 15) is 9.90 Å². The number of carboxylic acid groups (broad SMARTS) is 1. The molecule has 2 nitrogen and oxygen atoms in total. The molecule has 0 bridgehead atoms. The Balaban J connectivity index is 2.19. The smallest absolute Gasteiger partial charge is 0.312 e. The Bertz CT molecular complexity index is 491. The van der Waals surface area contributed by atoms with Crippen molar-refractivity contribution in [1.82, 2.24) is 0 Å². The van der Waals surface area contributed by atoms with Crippen LogP contribution in [0.15, 0.2) is 41.8 Å². The fourth-order valence-electron chi connectivity index (χ4n) is 1.66. The molecule has 0 spiro atoms. The van der Waals surface area contributed by atoms with E-state index < -0.39 is 11.9 Å². The quantitative estimate of drug-likeness (QED) is 0.914. The summed E-state index contributed by atoms with van der Waals surface area (Å²) in [5.74, 6) is -1.27. The van der Waals surface area contributed by atoms with Crippen molar-refractivity contribution in [2.45, 2.75) is 12.3 Å². The van der Waals surface area contributed by atoms with E-state index in [0.717, 1.165) is 10.4 Å². The van der Waals surface area contributed by atoms with E-state index in [1.165, 1.54) is 11.3 Å². The SMILES string of the molecule is O=C(O)C(Cc1ccc(Cl)cc1)c1cccs1. The van der Waals surface area contributed by atoms with Gasteiger partial charge in [-0.3, -0.25) is 4.79 Å². The molecule has 17 heavy (non-hydrogen) atoms. The van der Waals surface area contributed by atoms with E-state index in [2.05, 4.69) is 0 Å². The standard InChI is InChI=1S/C13H11ClO2S/c14-10-5-3-9(4-6-10)8-11(13(15)16)12-2-1-7-17-12/h1-7,11H,8H2,(H,15,16). The van der Waals surface area contributed by atoms with E-state index in [4.69, 9.17) is 11.6 Å². The van der Waals surface area contributed by atoms with Crippen molar-refractivity contribution in [3.63, 3.8) is 0 Å². The third-order valence-electron chi connectivity index (χ3n) is 2.54. The lowest BCUT2D eigenvalue weighted by Gasteiger charge is -2.10. The summed E-state index contributed by atoms with van der Waals surface area (Å²) in [6, 6.07) is 11.0. The zero-order valence-corrected chi connectivity index (χ0v) is 10.5. The molecule has 0 amide bonds. The lowest BCUT2D eigenvalue weighted by molar-refractivity contribution is -0.138. The molecule has 0 saturated carbocycles. The molecule has 4 heteroatoms. The second-order valence-electron chi connectivity index (χ2n) is 3.74. The highest BCUT2D eigenvalue weighted by Gasteiger charge is 2.21. The third kappa shape index (κ3) is 3.08. The number of benzene rings is 1. The summed E-state index contributed by atoms with van der Waals surface area (Å²) in [7, 11) is 0. The summed E-state index contributed by atoms with van der Waals surface area (Å²) in [4.78, 5) is 12.1. The third-order valence-corrected chi connectivity index (χ3v) is 3.78. The first kappa shape index (κ1) is 12.1. The van der Waals surface area contributed by atoms with Crippen LogP contribution >= 0.6 is 22.9 Å². The van der Waals surface area contributed by atoms with Gasteiger partial charge in [-0.25, -0.2) is 0 Å². The molecule has 1 aromatic heterocycles. The van der Waals surface area contributed by atoms with Gasteiger partial charge in [0.2, 0.25) is 0 Å². The average Bonchev–Trinajstić information content (AvgIpc) is 2.81. The molecule has 2 rings (SSSR count). The molecule has 1 unspecified atom stereocenters. The number of hydrogen-bond acceptors (Lipinski definition) is 2. The predicted octanol–water partition coefficient (Wildman–Crippen LogP) is 3.81. The van der Waals surface area contributed by atoms with Gasteiger partial charge in [-0.15, -0.1) is 11.3 Å². The Morgan fingerprint density at radius 2 is 2.00 bits per heavy atom. The molecule has 1 heterocycles. The van der Waals surface area contributed by atoms with Gasteiger partial charge in [0.25, 0.3) is 0 Å². The maximum atomic E-state index is 11.2. The van der Waals surface area contributed by atoms with Gasteiger partial charge in [0.05, 0.1) is 5.92 Å². The van der Waals surface area contributed by atoms with Crippen molar-refractivity contribution in [2.24, 2.45) is 0 Å². The van der Waals surface area contributed by atoms with Gasteiger partial charge in [0.1, 0.15) is 0 Å². The largest absolute Gasteiger partial charge is 0.481 e. The molecular weight excluding hydrogens is 256 g/mol. The molecule has 0 radical (unpaired) electrons. The van der Waals surface area contributed by atoms with Crippen molar-refractivity contribution in [3.05, 3.63) is 57.2 Å². The van der Waals surface area contributed by atoms with Crippen LogP contribution in [0.25, 0.3) is 0 Å². The van der Waals surface area contributed by atoms with E-state index in [-0.39, 0.29) is 0 Å². The Hall–Kier alpha value is -1.32. The summed E-state index contributed by atoms with van der Waals surface area (Å²) < 4.78 is 0. The summed E-state index contributed by atoms with van der Waals surface area (Å²) in [6.07, 6.45) is 0.493. The summed E-state index contributed by atoms with van der Waals surface area (Å²) in [6.45, 7) is 0. The Labute approximate surface area is 108 Å². The van der Waals surface area contributed by atoms with Crippen LogP contribution in [0, 0.1) is 0 Å². The molecule has 0 saturated heterocycles. The topological polar surface area (TPSA) is 37.3 Å². The van der Waals surface area contributed by atoms with E-state index in [1.807, 2.05) is 29.6 Å². The number of aliphatic carboxylic acids is 1. The molecule has 1 aromatic carbocycles. The van der Waals surface area contributed by atoms with Crippen LogP contribution in [0.1, 0.15) is 16.4 Å². The highest BCUT2D eigenvalue weighted by Crippen LogP contribution is 2.25. The molecule has 2 aromatic rings. The van der Waals surface area contributed by atoms with Gasteiger partial charge in [-0.05, 0) is 35.6 Å². The minimum Gasteiger partial charge on any atom is -0.481 e. The lowest BCUT2D eigenvalue weighted by atomic mass is 9.98. The van der Waals surface area contributed by atoms with Crippen molar-refractivity contribution >= 4 is 28.9 Å². The molecule has 1 N–H and O–H groups in total. The predicted molar refractivity (Wildman–Crippen MR) is 69.9 cm³/mol. The van der Waals surface area contributed by atoms with Crippen LogP contribution in [-0.4, -0.2) is 11.1 Å². The Morgan fingerprint density at radius 1 is 1.29 bits per heavy atom. The molecule has 0 fully saturated rings. The Kier molecular flexibility index (Phi) is 3.82. The van der Waals surface area contributed by atoms with Crippen LogP contribution in [0.5, 0.6) is 0 Å². The normalized spacial score (nSPS) is 12.3. The van der Waals surface area contributed by atoms with Gasteiger partial charge in [0.15, 0.2) is 0 Å². The highest BCUT2D eigenvalue weighted by molar-refractivity contribution is 7.10. The first-order valence-corrected chi connectivity index (χ1v) is 6.43. The number of carboxylic acids is 1. The second-order valence-corrected chi connectivity index (χ2v) is 5.15. The zero-order chi connectivity index (χ0) is 12.3. The second kappa shape index (κ2) is 5.34. The van der Waals surface area contributed by atoms with Crippen LogP contribution in [0.4, 0.5) is 0 Å². The monoisotopic (exact) mass is 266 g/mol. The van der Waals surface area contributed by atoms with Gasteiger partial charge in [-0.2, -0.15) is 0 Å². The molecule has 1 atom stereocenters. The van der Waals surface area contributed by atoms with Crippen molar-refractivity contribution in [3.8, 4) is 0 Å². The fourth-order valence-corrected chi connectivity index (χ4v) is 2.60. The van der Waals surface area contributed by atoms with Crippen LogP contribution < -0.4 is 0 Å². The highest BCUT2D eigenvalue weighted by atomic mass is 35.5. The summed E-state index contributed by atoms with van der Waals surface area (Å²) in [5.41, 5.74) is 0.982. The van der Waals surface area contributed by atoms with Gasteiger partial charge in [0, 0.05) is 9.90 Å². The lowest BCUT2D eigenvalue weighted by Crippen LogP contribution is -2.13. The Morgan fingerprint density at radius 3 is 2.53 bits per heavy atom. The fraction of sp³-hybridized carbons (Fsp3) is 0.154. The van der Waals surface area contributed by atoms with Gasteiger partial charge in [-0.1, -0.05) is 29.8 Å². The molecular formula is C13H11ClO2S. The number of hydrogen-bond donors (Lipinski definition) is 1. The minimum atomic E-state index is -0.789. The van der Waals surface area contributed by atoms with Crippen molar-refractivity contribution in [1.29, 1.82) is 0 Å². The van der Waals surface area contributed by atoms with Crippen LogP contribution in [0.2, 0.25) is 5.02 Å². The maximum absolute atomic E-state index is 11.2. The van der Waals surface area contributed by atoms with Crippen LogP contribution in [0.3, 0.4) is 0 Å². The number of rotatable bonds is 4. The van der Waals surface area contributed by atoms with Crippen molar-refractivity contribution < 1.29 is 9.90 Å². The minimum absolute atomic E-state index is 0.476. The van der Waals surface area contributed by atoms with Gasteiger partial charge < -0.3 is 5.11 Å². The van der Waals surface area contributed by atoms with Crippen molar-refractivity contribution in [2.75, 3.05) is 0 Å². The molecule has 0 aliphatic carbocycles. The van der Waals surface area contributed by atoms with Crippen LogP contribution in [-0.2, 0) is 11.2 Å². The maximum Gasteiger partial charge on any atom is 0.312 e. The molecule has 0 aliphatic rings. The number of thiophene rings is 1. The van der Waals surface area contributed by atoms with Gasteiger partial charge >= 0.3 is 5.97 Å². The first-order chi connectivity index (χ1) is 8.16. The molecule has 0 aliphatic heterocycles.